The van der Waals surface area contributed by atoms with E-state index in [1.165, 1.54) is 6.20 Å². The van der Waals surface area contributed by atoms with E-state index in [9.17, 15) is 9.59 Å². The molecule has 3 aromatic rings. The first kappa shape index (κ1) is 17.8. The summed E-state index contributed by atoms with van der Waals surface area (Å²) in [5, 5.41) is 5.70. The SMILES string of the molecule is O=C(NCc1cccc(NC(=O)c2ccc(Br)cc2)c1)c1cccnc1. The lowest BCUT2D eigenvalue weighted by Crippen LogP contribution is -2.23. The van der Waals surface area contributed by atoms with E-state index in [1.807, 2.05) is 36.4 Å². The summed E-state index contributed by atoms with van der Waals surface area (Å²) in [7, 11) is 0. The summed E-state index contributed by atoms with van der Waals surface area (Å²) in [5.74, 6) is -0.378. The fraction of sp³-hybridized carbons (Fsp3) is 0.0500. The standard InChI is InChI=1S/C20H16BrN3O2/c21-17-8-6-15(7-9-17)20(26)24-18-5-1-3-14(11-18)12-23-19(25)16-4-2-10-22-13-16/h1-11,13H,12H2,(H,23,25)(H,24,26). The first-order valence-corrected chi connectivity index (χ1v) is 8.75. The van der Waals surface area contributed by atoms with Gasteiger partial charge in [0.05, 0.1) is 5.56 Å². The number of aromatic nitrogens is 1. The van der Waals surface area contributed by atoms with E-state index < -0.39 is 0 Å². The van der Waals surface area contributed by atoms with Crippen LogP contribution in [0.2, 0.25) is 0 Å². The maximum atomic E-state index is 12.3. The Hall–Kier alpha value is -2.99. The van der Waals surface area contributed by atoms with Gasteiger partial charge in [0.1, 0.15) is 0 Å². The minimum Gasteiger partial charge on any atom is -0.348 e. The van der Waals surface area contributed by atoms with E-state index in [1.54, 1.807) is 30.5 Å². The van der Waals surface area contributed by atoms with E-state index >= 15 is 0 Å². The van der Waals surface area contributed by atoms with Crippen LogP contribution in [0.1, 0.15) is 26.3 Å². The number of carbonyl (C=O) groups is 2. The molecule has 0 atom stereocenters. The molecule has 0 aliphatic heterocycles. The Morgan fingerprint density at radius 1 is 0.923 bits per heavy atom. The van der Waals surface area contributed by atoms with Gasteiger partial charge in [-0.15, -0.1) is 0 Å². The first-order valence-electron chi connectivity index (χ1n) is 7.96. The summed E-state index contributed by atoms with van der Waals surface area (Å²) in [5.41, 5.74) is 2.64. The second-order valence-electron chi connectivity index (χ2n) is 5.59. The second-order valence-corrected chi connectivity index (χ2v) is 6.50. The van der Waals surface area contributed by atoms with Crippen LogP contribution in [0, 0.1) is 0 Å². The van der Waals surface area contributed by atoms with Crippen LogP contribution in [0.5, 0.6) is 0 Å². The lowest BCUT2D eigenvalue weighted by atomic mass is 10.1. The quantitative estimate of drug-likeness (QED) is 0.668. The van der Waals surface area contributed by atoms with E-state index in [4.69, 9.17) is 0 Å². The molecule has 5 nitrogen and oxygen atoms in total. The van der Waals surface area contributed by atoms with E-state index in [-0.39, 0.29) is 11.8 Å². The van der Waals surface area contributed by atoms with Crippen molar-refractivity contribution in [2.75, 3.05) is 5.32 Å². The third-order valence-electron chi connectivity index (χ3n) is 3.67. The van der Waals surface area contributed by atoms with Crippen molar-refractivity contribution < 1.29 is 9.59 Å². The van der Waals surface area contributed by atoms with Crippen LogP contribution in [0.25, 0.3) is 0 Å². The summed E-state index contributed by atoms with van der Waals surface area (Å²) in [4.78, 5) is 28.3. The maximum Gasteiger partial charge on any atom is 0.255 e. The van der Waals surface area contributed by atoms with Crippen molar-refractivity contribution in [3.63, 3.8) is 0 Å². The van der Waals surface area contributed by atoms with Gasteiger partial charge in [0.25, 0.3) is 11.8 Å². The number of amides is 2. The Morgan fingerprint density at radius 3 is 2.46 bits per heavy atom. The van der Waals surface area contributed by atoms with E-state index in [0.29, 0.717) is 23.4 Å². The third kappa shape index (κ3) is 4.77. The Balaban J connectivity index is 1.62. The molecule has 2 aromatic carbocycles. The lowest BCUT2D eigenvalue weighted by molar-refractivity contribution is 0.0949. The Labute approximate surface area is 159 Å². The van der Waals surface area contributed by atoms with Gasteiger partial charge in [0, 0.05) is 34.7 Å². The largest absolute Gasteiger partial charge is 0.348 e. The number of halogens is 1. The van der Waals surface area contributed by atoms with Crippen LogP contribution in [0.4, 0.5) is 5.69 Å². The molecule has 0 saturated carbocycles. The first-order chi connectivity index (χ1) is 12.6. The molecule has 1 aromatic heterocycles. The number of pyridine rings is 1. The van der Waals surface area contributed by atoms with Crippen molar-refractivity contribution in [1.29, 1.82) is 0 Å². The van der Waals surface area contributed by atoms with Gasteiger partial charge >= 0.3 is 0 Å². The van der Waals surface area contributed by atoms with Crippen LogP contribution in [-0.4, -0.2) is 16.8 Å². The highest BCUT2D eigenvalue weighted by Gasteiger charge is 2.08. The molecule has 6 heteroatoms. The van der Waals surface area contributed by atoms with Crippen molar-refractivity contribution in [2.45, 2.75) is 6.54 Å². The molecule has 0 saturated heterocycles. The van der Waals surface area contributed by atoms with Crippen molar-refractivity contribution >= 4 is 33.4 Å². The molecular formula is C20H16BrN3O2. The van der Waals surface area contributed by atoms with Gasteiger partial charge < -0.3 is 10.6 Å². The molecule has 0 radical (unpaired) electrons. The summed E-state index contributed by atoms with van der Waals surface area (Å²) in [6.07, 6.45) is 3.14. The summed E-state index contributed by atoms with van der Waals surface area (Å²) in [6.45, 7) is 0.357. The number of rotatable bonds is 5. The molecule has 2 N–H and O–H groups in total. The number of nitrogens with one attached hydrogen (secondary N) is 2. The fourth-order valence-corrected chi connectivity index (χ4v) is 2.61. The molecule has 0 fully saturated rings. The Bertz CT molecular complexity index is 912. The zero-order valence-electron chi connectivity index (χ0n) is 13.8. The van der Waals surface area contributed by atoms with Crippen molar-refractivity contribution in [1.82, 2.24) is 10.3 Å². The number of benzene rings is 2. The van der Waals surface area contributed by atoms with Gasteiger partial charge in [-0.2, -0.15) is 0 Å². The molecule has 130 valence electrons. The van der Waals surface area contributed by atoms with Gasteiger partial charge in [0.15, 0.2) is 0 Å². The lowest BCUT2D eigenvalue weighted by Gasteiger charge is -2.09. The highest BCUT2D eigenvalue weighted by atomic mass is 79.9. The minimum atomic E-state index is -0.192. The zero-order valence-corrected chi connectivity index (χ0v) is 15.4. The number of hydrogen-bond donors (Lipinski definition) is 2. The minimum absolute atomic E-state index is 0.186. The maximum absolute atomic E-state index is 12.3. The normalized spacial score (nSPS) is 10.2. The highest BCUT2D eigenvalue weighted by molar-refractivity contribution is 9.10. The summed E-state index contributed by atoms with van der Waals surface area (Å²) in [6, 6.07) is 17.9. The molecule has 0 aliphatic rings. The highest BCUT2D eigenvalue weighted by Crippen LogP contribution is 2.15. The van der Waals surface area contributed by atoms with Crippen molar-refractivity contribution in [3.05, 3.63) is 94.2 Å². The molecule has 0 bridgehead atoms. The number of carbonyl (C=O) groups excluding carboxylic acids is 2. The molecule has 0 aliphatic carbocycles. The molecular weight excluding hydrogens is 394 g/mol. The molecule has 26 heavy (non-hydrogen) atoms. The third-order valence-corrected chi connectivity index (χ3v) is 4.20. The zero-order chi connectivity index (χ0) is 18.4. The van der Waals surface area contributed by atoms with Crippen LogP contribution in [0.3, 0.4) is 0 Å². The topological polar surface area (TPSA) is 71.1 Å². The monoisotopic (exact) mass is 409 g/mol. The Kier molecular flexibility index (Phi) is 5.76. The summed E-state index contributed by atoms with van der Waals surface area (Å²) < 4.78 is 0.917. The van der Waals surface area contributed by atoms with Crippen LogP contribution < -0.4 is 10.6 Å². The molecule has 1 heterocycles. The van der Waals surface area contributed by atoms with E-state index in [0.717, 1.165) is 10.0 Å². The Morgan fingerprint density at radius 2 is 1.73 bits per heavy atom. The predicted molar refractivity (Wildman–Crippen MR) is 104 cm³/mol. The van der Waals surface area contributed by atoms with Gasteiger partial charge in [0.2, 0.25) is 0 Å². The van der Waals surface area contributed by atoms with Gasteiger partial charge in [-0.3, -0.25) is 14.6 Å². The van der Waals surface area contributed by atoms with E-state index in [2.05, 4.69) is 31.5 Å². The molecule has 3 rings (SSSR count). The average molecular weight is 410 g/mol. The number of nitrogens with zero attached hydrogens (tertiary/aromatic N) is 1. The van der Waals surface area contributed by atoms with Gasteiger partial charge in [-0.1, -0.05) is 28.1 Å². The summed E-state index contributed by atoms with van der Waals surface area (Å²) >= 11 is 3.35. The fourth-order valence-electron chi connectivity index (χ4n) is 2.35. The van der Waals surface area contributed by atoms with Gasteiger partial charge in [-0.05, 0) is 54.1 Å². The molecule has 0 unspecified atom stereocenters. The number of anilines is 1. The van der Waals surface area contributed by atoms with Crippen LogP contribution in [-0.2, 0) is 6.54 Å². The molecule has 0 spiro atoms. The average Bonchev–Trinajstić information content (AvgIpc) is 2.67. The smallest absolute Gasteiger partial charge is 0.255 e. The predicted octanol–water partition coefficient (Wildman–Crippen LogP) is 4.03. The van der Waals surface area contributed by atoms with Crippen LogP contribution in [0.15, 0.2) is 77.5 Å². The van der Waals surface area contributed by atoms with Crippen LogP contribution >= 0.6 is 15.9 Å². The second kappa shape index (κ2) is 8.40. The van der Waals surface area contributed by atoms with Gasteiger partial charge in [-0.25, -0.2) is 0 Å². The van der Waals surface area contributed by atoms with Crippen molar-refractivity contribution in [3.8, 4) is 0 Å². The number of hydrogen-bond acceptors (Lipinski definition) is 3. The van der Waals surface area contributed by atoms with Crippen molar-refractivity contribution in [2.24, 2.45) is 0 Å². The molecule has 2 amide bonds.